The molecule has 1 aromatic heterocycles. The molecule has 8 nitrogen and oxygen atoms in total. The number of benzene rings is 2. The minimum absolute atomic E-state index is 0.142. The Bertz CT molecular complexity index is 1470. The van der Waals surface area contributed by atoms with Crippen molar-refractivity contribution < 1.29 is 27.6 Å². The van der Waals surface area contributed by atoms with E-state index in [1.165, 1.54) is 4.90 Å². The quantitative estimate of drug-likeness (QED) is 0.544. The first-order valence-electron chi connectivity index (χ1n) is 12.6. The number of nitrogens with zero attached hydrogens (tertiary/aromatic N) is 3. The van der Waals surface area contributed by atoms with E-state index in [-0.39, 0.29) is 24.7 Å². The summed E-state index contributed by atoms with van der Waals surface area (Å²) in [6.45, 7) is 2.07. The number of hydrogen-bond donors (Lipinski definition) is 2. The maximum Gasteiger partial charge on any atom is 0.411 e. The smallest absolute Gasteiger partial charge is 0.340 e. The molecule has 3 aliphatic rings. The molecular formula is C27H26F3N5O3. The van der Waals surface area contributed by atoms with Crippen LogP contribution in [-0.4, -0.2) is 64.2 Å². The Morgan fingerprint density at radius 2 is 1.84 bits per heavy atom. The molecule has 1 aliphatic carbocycles. The lowest BCUT2D eigenvalue weighted by atomic mass is 9.72. The van der Waals surface area contributed by atoms with Gasteiger partial charge in [-0.2, -0.15) is 18.3 Å². The number of anilines is 1. The minimum Gasteiger partial charge on any atom is -0.340 e. The number of hydrogen-bond acceptors (Lipinski definition) is 4. The molecule has 3 amide bonds. The zero-order chi connectivity index (χ0) is 26.9. The summed E-state index contributed by atoms with van der Waals surface area (Å²) in [7, 11) is 0. The summed E-state index contributed by atoms with van der Waals surface area (Å²) in [6.07, 6.45) is -2.49. The van der Waals surface area contributed by atoms with E-state index >= 15 is 0 Å². The summed E-state index contributed by atoms with van der Waals surface area (Å²) in [6, 6.07) is 10.7. The summed E-state index contributed by atoms with van der Waals surface area (Å²) in [4.78, 5) is 42.9. The minimum atomic E-state index is -4.53. The normalized spacial score (nSPS) is 19.6. The van der Waals surface area contributed by atoms with Gasteiger partial charge in [0, 0.05) is 29.7 Å². The Labute approximate surface area is 216 Å². The Balaban J connectivity index is 1.22. The maximum atomic E-state index is 13.9. The summed E-state index contributed by atoms with van der Waals surface area (Å²) in [5.41, 5.74) is 0.446. The summed E-state index contributed by atoms with van der Waals surface area (Å²) in [5.74, 6) is -1.28. The summed E-state index contributed by atoms with van der Waals surface area (Å²) in [5, 5.41) is 9.79. The lowest BCUT2D eigenvalue weighted by molar-refractivity contribution is -0.170. The predicted octanol–water partition coefficient (Wildman–Crippen LogP) is 3.60. The van der Waals surface area contributed by atoms with Crippen LogP contribution in [-0.2, 0) is 15.0 Å². The molecule has 0 atom stereocenters. The van der Waals surface area contributed by atoms with E-state index in [0.717, 1.165) is 22.0 Å². The number of likely N-dealkylation sites (tertiary alicyclic amines) is 1. The zero-order valence-corrected chi connectivity index (χ0v) is 20.7. The SMILES string of the molecule is Cc1cccc2c1C1(CCN(C(=O)c3ccc4[nH]ncc4c3)CC1)C(=O)N2CC(=O)NC1(C(F)(F)F)CC1. The van der Waals surface area contributed by atoms with Crippen molar-refractivity contribution in [3.05, 3.63) is 59.3 Å². The van der Waals surface area contributed by atoms with Gasteiger partial charge in [0.25, 0.3) is 5.91 Å². The fourth-order valence-corrected chi connectivity index (χ4v) is 6.00. The highest BCUT2D eigenvalue weighted by Crippen LogP contribution is 2.51. The third-order valence-electron chi connectivity index (χ3n) is 8.24. The Morgan fingerprint density at radius 1 is 1.11 bits per heavy atom. The van der Waals surface area contributed by atoms with Gasteiger partial charge in [-0.1, -0.05) is 12.1 Å². The van der Waals surface area contributed by atoms with E-state index in [2.05, 4.69) is 15.5 Å². The number of aryl methyl sites for hydroxylation is 1. The highest BCUT2D eigenvalue weighted by Gasteiger charge is 2.64. The number of carbonyl (C=O) groups excluding carboxylic acids is 3. The predicted molar refractivity (Wildman–Crippen MR) is 133 cm³/mol. The first-order chi connectivity index (χ1) is 18.0. The van der Waals surface area contributed by atoms with Crippen LogP contribution in [0.25, 0.3) is 10.9 Å². The first kappa shape index (κ1) is 24.4. The van der Waals surface area contributed by atoms with Gasteiger partial charge in [0.1, 0.15) is 12.1 Å². The molecule has 0 unspecified atom stereocenters. The first-order valence-corrected chi connectivity index (χ1v) is 12.6. The fraction of sp³-hybridized carbons (Fsp3) is 0.407. The highest BCUT2D eigenvalue weighted by molar-refractivity contribution is 6.11. The molecule has 3 aromatic rings. The molecule has 3 heterocycles. The number of piperidine rings is 1. The van der Waals surface area contributed by atoms with E-state index in [4.69, 9.17) is 0 Å². The third-order valence-corrected chi connectivity index (χ3v) is 8.24. The Kier molecular flexibility index (Phi) is 5.34. The molecule has 2 fully saturated rings. The molecule has 1 spiro atoms. The maximum absolute atomic E-state index is 13.9. The van der Waals surface area contributed by atoms with E-state index in [1.54, 1.807) is 41.4 Å². The van der Waals surface area contributed by atoms with Crippen molar-refractivity contribution >= 4 is 34.3 Å². The topological polar surface area (TPSA) is 98.4 Å². The van der Waals surface area contributed by atoms with Crippen LogP contribution in [0.2, 0.25) is 0 Å². The fourth-order valence-electron chi connectivity index (χ4n) is 6.00. The summed E-state index contributed by atoms with van der Waals surface area (Å²) >= 11 is 0. The van der Waals surface area contributed by atoms with Gasteiger partial charge in [-0.3, -0.25) is 19.5 Å². The van der Waals surface area contributed by atoms with Crippen LogP contribution in [0.3, 0.4) is 0 Å². The lowest BCUT2D eigenvalue weighted by Gasteiger charge is -2.39. The second-order valence-corrected chi connectivity index (χ2v) is 10.5. The van der Waals surface area contributed by atoms with E-state index in [1.807, 2.05) is 13.0 Å². The number of aromatic amines is 1. The van der Waals surface area contributed by atoms with Gasteiger partial charge in [0.2, 0.25) is 11.8 Å². The zero-order valence-electron chi connectivity index (χ0n) is 20.7. The molecule has 2 aromatic carbocycles. The average molecular weight is 526 g/mol. The molecule has 38 heavy (non-hydrogen) atoms. The van der Waals surface area contributed by atoms with Gasteiger partial charge in [0.15, 0.2) is 0 Å². The number of fused-ring (bicyclic) bond motifs is 3. The molecule has 2 aliphatic heterocycles. The van der Waals surface area contributed by atoms with Gasteiger partial charge >= 0.3 is 6.18 Å². The van der Waals surface area contributed by atoms with Crippen LogP contribution in [0.5, 0.6) is 0 Å². The number of alkyl halides is 3. The van der Waals surface area contributed by atoms with Crippen LogP contribution in [0, 0.1) is 6.92 Å². The van der Waals surface area contributed by atoms with Crippen molar-refractivity contribution in [2.45, 2.75) is 49.7 Å². The Hall–Kier alpha value is -3.89. The molecule has 1 saturated heterocycles. The molecule has 0 radical (unpaired) electrons. The average Bonchev–Trinajstić information content (AvgIpc) is 3.47. The molecular weight excluding hydrogens is 499 g/mol. The van der Waals surface area contributed by atoms with Crippen molar-refractivity contribution in [1.29, 1.82) is 0 Å². The van der Waals surface area contributed by atoms with Crippen molar-refractivity contribution in [3.8, 4) is 0 Å². The van der Waals surface area contributed by atoms with Crippen LogP contribution in [0.15, 0.2) is 42.6 Å². The molecule has 198 valence electrons. The van der Waals surface area contributed by atoms with Crippen molar-refractivity contribution in [1.82, 2.24) is 20.4 Å². The number of carbonyl (C=O) groups is 3. The van der Waals surface area contributed by atoms with Crippen molar-refractivity contribution in [2.24, 2.45) is 0 Å². The number of rotatable bonds is 4. The standard InChI is InChI=1S/C27H26F3N5O3/c1-16-3-2-4-20-22(16)25(24(38)35(20)15-21(36)32-26(7-8-26)27(28,29)30)9-11-34(12-10-25)23(37)17-5-6-19-18(13-17)14-31-33-19/h2-6,13-14H,7-12,15H2,1H3,(H,31,33)(H,32,36). The van der Waals surface area contributed by atoms with Crippen LogP contribution >= 0.6 is 0 Å². The van der Waals surface area contributed by atoms with Crippen LogP contribution in [0.4, 0.5) is 18.9 Å². The van der Waals surface area contributed by atoms with Crippen molar-refractivity contribution in [2.75, 3.05) is 24.5 Å². The molecule has 0 bridgehead atoms. The summed E-state index contributed by atoms with van der Waals surface area (Å²) < 4.78 is 40.1. The third kappa shape index (κ3) is 3.66. The van der Waals surface area contributed by atoms with Crippen molar-refractivity contribution in [3.63, 3.8) is 0 Å². The van der Waals surface area contributed by atoms with Crippen LogP contribution in [0.1, 0.15) is 47.2 Å². The largest absolute Gasteiger partial charge is 0.411 e. The van der Waals surface area contributed by atoms with Gasteiger partial charge in [-0.05, 0) is 68.0 Å². The van der Waals surface area contributed by atoms with Gasteiger partial charge in [-0.15, -0.1) is 0 Å². The second-order valence-electron chi connectivity index (χ2n) is 10.5. The number of halogens is 3. The Morgan fingerprint density at radius 3 is 2.53 bits per heavy atom. The monoisotopic (exact) mass is 525 g/mol. The van der Waals surface area contributed by atoms with E-state index in [9.17, 15) is 27.6 Å². The molecule has 6 rings (SSSR count). The highest BCUT2D eigenvalue weighted by atomic mass is 19.4. The van der Waals surface area contributed by atoms with E-state index in [0.29, 0.717) is 37.2 Å². The molecule has 11 heteroatoms. The number of nitrogens with one attached hydrogen (secondary N) is 2. The number of H-pyrrole nitrogens is 1. The molecule has 2 N–H and O–H groups in total. The number of aromatic nitrogens is 2. The molecule has 1 saturated carbocycles. The lowest BCUT2D eigenvalue weighted by Crippen LogP contribution is -2.54. The van der Waals surface area contributed by atoms with E-state index < -0.39 is 29.6 Å². The number of amides is 3. The van der Waals surface area contributed by atoms with Gasteiger partial charge < -0.3 is 15.1 Å². The van der Waals surface area contributed by atoms with Gasteiger partial charge in [0.05, 0.1) is 17.1 Å². The van der Waals surface area contributed by atoms with Gasteiger partial charge in [-0.25, -0.2) is 0 Å². The van der Waals surface area contributed by atoms with Crippen LogP contribution < -0.4 is 10.2 Å². The second kappa shape index (κ2) is 8.31.